The third-order valence-electron chi connectivity index (χ3n) is 1.90. The molecule has 14 heavy (non-hydrogen) atoms. The van der Waals surface area contributed by atoms with Gasteiger partial charge in [-0.1, -0.05) is 12.1 Å². The average molecular weight is 192 g/mol. The number of hydrogen-bond acceptors (Lipinski definition) is 5. The number of hydrogen-bond donors (Lipinski definition) is 2. The van der Waals surface area contributed by atoms with Gasteiger partial charge in [0, 0.05) is 0 Å². The summed E-state index contributed by atoms with van der Waals surface area (Å²) in [5.74, 6) is 0.723. The molecule has 0 heterocycles. The summed E-state index contributed by atoms with van der Waals surface area (Å²) in [6.07, 6.45) is 0. The number of rotatable bonds is 5. The molecule has 74 valence electrons. The molecule has 0 aliphatic rings. The van der Waals surface area contributed by atoms with Crippen molar-refractivity contribution in [3.8, 4) is 5.75 Å². The number of ether oxygens (including phenoxy) is 1. The van der Waals surface area contributed by atoms with E-state index in [4.69, 9.17) is 15.8 Å². The Labute approximate surface area is 82.1 Å². The molecule has 5 heteroatoms. The Hall–Kier alpha value is -1.78. The second-order valence-corrected chi connectivity index (χ2v) is 2.76. The molecule has 0 fully saturated rings. The number of methoxy groups -OCH3 is 1. The summed E-state index contributed by atoms with van der Waals surface area (Å²) in [7, 11) is 1.58. The molecule has 0 saturated heterocycles. The summed E-state index contributed by atoms with van der Waals surface area (Å²) in [4.78, 5) is 0. The van der Waals surface area contributed by atoms with Crippen LogP contribution in [0.3, 0.4) is 0 Å². The summed E-state index contributed by atoms with van der Waals surface area (Å²) >= 11 is 0. The van der Waals surface area contributed by atoms with E-state index in [1.807, 2.05) is 18.2 Å². The van der Waals surface area contributed by atoms with Crippen LogP contribution in [-0.4, -0.2) is 13.7 Å². The predicted molar refractivity (Wildman–Crippen MR) is 50.9 cm³/mol. The van der Waals surface area contributed by atoms with Crippen LogP contribution in [0.15, 0.2) is 34.5 Å². The second kappa shape index (κ2) is 5.06. The molecule has 0 bridgehead atoms. The Morgan fingerprint density at radius 2 is 2.21 bits per heavy atom. The molecule has 0 amide bonds. The third kappa shape index (κ3) is 2.35. The molecule has 0 aromatic heterocycles. The highest BCUT2D eigenvalue weighted by molar-refractivity contribution is 5.30. The Balaban J connectivity index is 2.91. The summed E-state index contributed by atoms with van der Waals surface area (Å²) < 4.78 is 5.05. The lowest BCUT2D eigenvalue weighted by atomic mass is 10.1. The van der Waals surface area contributed by atoms with Gasteiger partial charge >= 0.3 is 0 Å². The van der Waals surface area contributed by atoms with Crippen molar-refractivity contribution < 1.29 is 4.74 Å². The molecule has 0 aliphatic heterocycles. The maximum atomic E-state index is 6.97. The van der Waals surface area contributed by atoms with E-state index in [1.165, 1.54) is 0 Å². The quantitative estimate of drug-likeness (QED) is 0.691. The zero-order chi connectivity index (χ0) is 10.4. The van der Waals surface area contributed by atoms with Crippen LogP contribution in [0.1, 0.15) is 11.6 Å². The number of nitrogens with zero attached hydrogens (tertiary/aromatic N) is 2. The first-order valence-corrected chi connectivity index (χ1v) is 4.15. The monoisotopic (exact) mass is 192 g/mol. The first-order valence-electron chi connectivity index (χ1n) is 4.15. The average Bonchev–Trinajstić information content (AvgIpc) is 2.26. The third-order valence-corrected chi connectivity index (χ3v) is 1.90. The van der Waals surface area contributed by atoms with Gasteiger partial charge in [0.2, 0.25) is 0 Å². The zero-order valence-electron chi connectivity index (χ0n) is 7.90. The number of benzene rings is 1. The second-order valence-electron chi connectivity index (χ2n) is 2.76. The van der Waals surface area contributed by atoms with Crippen molar-refractivity contribution in [2.75, 3.05) is 13.7 Å². The molecule has 0 saturated carbocycles. The molecule has 2 N–H and O–H groups in total. The lowest BCUT2D eigenvalue weighted by Gasteiger charge is -2.08. The van der Waals surface area contributed by atoms with Gasteiger partial charge < -0.3 is 4.74 Å². The fraction of sp³-hybridized carbons (Fsp3) is 0.333. The van der Waals surface area contributed by atoms with Crippen LogP contribution in [0, 0.1) is 11.1 Å². The van der Waals surface area contributed by atoms with Gasteiger partial charge in [-0.3, -0.25) is 0 Å². The molecule has 0 radical (unpaired) electrons. The molecular weight excluding hydrogens is 180 g/mol. The van der Waals surface area contributed by atoms with Crippen LogP contribution in [0.2, 0.25) is 0 Å². The Morgan fingerprint density at radius 1 is 1.43 bits per heavy atom. The van der Waals surface area contributed by atoms with Crippen LogP contribution < -0.4 is 4.74 Å². The first kappa shape index (κ1) is 10.3. The van der Waals surface area contributed by atoms with Crippen molar-refractivity contribution in [2.45, 2.75) is 6.04 Å². The molecule has 0 aliphatic carbocycles. The molecule has 5 nitrogen and oxygen atoms in total. The minimum Gasteiger partial charge on any atom is -0.497 e. The van der Waals surface area contributed by atoms with Gasteiger partial charge in [0.25, 0.3) is 0 Å². The number of nitrogens with one attached hydrogen (secondary N) is 2. The van der Waals surface area contributed by atoms with E-state index in [2.05, 4.69) is 10.2 Å². The van der Waals surface area contributed by atoms with Crippen molar-refractivity contribution in [3.05, 3.63) is 29.8 Å². The van der Waals surface area contributed by atoms with E-state index in [9.17, 15) is 0 Å². The molecule has 0 spiro atoms. The van der Waals surface area contributed by atoms with Crippen LogP contribution in [0.4, 0.5) is 0 Å². The molecule has 1 aromatic carbocycles. The van der Waals surface area contributed by atoms with Gasteiger partial charge in [-0.15, -0.1) is 0 Å². The van der Waals surface area contributed by atoms with Gasteiger partial charge in [-0.2, -0.15) is 10.2 Å². The van der Waals surface area contributed by atoms with E-state index >= 15 is 0 Å². The van der Waals surface area contributed by atoms with Crippen molar-refractivity contribution in [1.82, 2.24) is 0 Å². The van der Waals surface area contributed by atoms with Crippen molar-refractivity contribution in [1.29, 1.82) is 11.1 Å². The van der Waals surface area contributed by atoms with E-state index in [1.54, 1.807) is 13.2 Å². The van der Waals surface area contributed by atoms with Gasteiger partial charge in [0.15, 0.2) is 0 Å². The summed E-state index contributed by atoms with van der Waals surface area (Å²) in [5, 5.41) is 6.64. The van der Waals surface area contributed by atoms with Gasteiger partial charge in [0.1, 0.15) is 11.8 Å². The lowest BCUT2D eigenvalue weighted by Crippen LogP contribution is -1.98. The Morgan fingerprint density at radius 3 is 2.79 bits per heavy atom. The molecule has 1 rings (SSSR count). The molecule has 1 unspecified atom stereocenters. The van der Waals surface area contributed by atoms with Crippen molar-refractivity contribution in [3.63, 3.8) is 0 Å². The van der Waals surface area contributed by atoms with E-state index in [0.29, 0.717) is 0 Å². The maximum Gasteiger partial charge on any atom is 0.119 e. The SMILES string of the molecule is COc1cccc(C(CN=N)N=N)c1. The van der Waals surface area contributed by atoms with E-state index < -0.39 is 0 Å². The predicted octanol–water partition coefficient (Wildman–Crippen LogP) is 2.80. The Bertz CT molecular complexity index is 326. The smallest absolute Gasteiger partial charge is 0.119 e. The topological polar surface area (TPSA) is 81.7 Å². The fourth-order valence-electron chi connectivity index (χ4n) is 1.16. The van der Waals surface area contributed by atoms with Crippen LogP contribution in [0.5, 0.6) is 5.75 Å². The van der Waals surface area contributed by atoms with Gasteiger partial charge in [0.05, 0.1) is 13.7 Å². The first-order chi connectivity index (χ1) is 6.81. The minimum absolute atomic E-state index is 0.205. The standard InChI is InChI=1S/C9H12N4O/c1-14-8-4-2-3-7(5-8)9(13-11)6-12-10/h2-5,9-11H,6H2,1H3. The normalized spacial score (nSPS) is 11.8. The lowest BCUT2D eigenvalue weighted by molar-refractivity contribution is 0.413. The van der Waals surface area contributed by atoms with Crippen LogP contribution >= 0.6 is 0 Å². The van der Waals surface area contributed by atoms with Crippen LogP contribution in [-0.2, 0) is 0 Å². The molecular formula is C9H12N4O. The minimum atomic E-state index is -0.373. The highest BCUT2D eigenvalue weighted by Gasteiger charge is 2.09. The summed E-state index contributed by atoms with van der Waals surface area (Å²) in [5.41, 5.74) is 14.5. The van der Waals surface area contributed by atoms with E-state index in [-0.39, 0.29) is 12.6 Å². The van der Waals surface area contributed by atoms with Gasteiger partial charge in [-0.25, -0.2) is 11.1 Å². The highest BCUT2D eigenvalue weighted by atomic mass is 16.5. The maximum absolute atomic E-state index is 6.97. The van der Waals surface area contributed by atoms with Crippen molar-refractivity contribution in [2.24, 2.45) is 10.2 Å². The molecule has 1 aromatic rings. The van der Waals surface area contributed by atoms with E-state index in [0.717, 1.165) is 11.3 Å². The van der Waals surface area contributed by atoms with Gasteiger partial charge in [-0.05, 0) is 17.7 Å². The summed E-state index contributed by atoms with van der Waals surface area (Å²) in [6, 6.07) is 6.92. The highest BCUT2D eigenvalue weighted by Crippen LogP contribution is 2.21. The summed E-state index contributed by atoms with van der Waals surface area (Å²) in [6.45, 7) is 0.205. The zero-order valence-corrected chi connectivity index (χ0v) is 7.90. The Kier molecular flexibility index (Phi) is 3.72. The van der Waals surface area contributed by atoms with Crippen LogP contribution in [0.25, 0.3) is 0 Å². The molecule has 1 atom stereocenters. The van der Waals surface area contributed by atoms with Crippen molar-refractivity contribution >= 4 is 0 Å². The largest absolute Gasteiger partial charge is 0.497 e. The fourth-order valence-corrected chi connectivity index (χ4v) is 1.16.